The molecule has 5 atom stereocenters. The summed E-state index contributed by atoms with van der Waals surface area (Å²) in [6.45, 7) is 8.29. The van der Waals surface area contributed by atoms with E-state index in [1.165, 1.54) is 0 Å². The van der Waals surface area contributed by atoms with Crippen LogP contribution in [0.25, 0.3) is 0 Å². The Kier molecular flexibility index (Phi) is 3.18. The first kappa shape index (κ1) is 14.0. The molecule has 0 N–H and O–H groups in total. The highest BCUT2D eigenvalue weighted by Crippen LogP contribution is 2.44. The molecular formula is C16H23NO3. The van der Waals surface area contributed by atoms with Crippen LogP contribution in [-0.2, 0) is 16.0 Å². The smallest absolute Gasteiger partial charge is 0.164 e. The largest absolute Gasteiger partial charge is 0.632 e. The Bertz CT molecular complexity index is 468. The van der Waals surface area contributed by atoms with Crippen LogP contribution in [0.15, 0.2) is 30.3 Å². The highest BCUT2D eigenvalue weighted by Gasteiger charge is 2.60. The summed E-state index contributed by atoms with van der Waals surface area (Å²) in [7, 11) is 0. The van der Waals surface area contributed by atoms with Crippen molar-refractivity contribution in [1.29, 1.82) is 0 Å². The summed E-state index contributed by atoms with van der Waals surface area (Å²) in [5, 5.41) is 13.3. The highest BCUT2D eigenvalue weighted by atomic mass is 16.8. The summed E-state index contributed by atoms with van der Waals surface area (Å²) < 4.78 is 11.6. The van der Waals surface area contributed by atoms with E-state index in [1.807, 2.05) is 58.0 Å². The molecule has 0 aromatic heterocycles. The number of hydrogen-bond donors (Lipinski definition) is 0. The van der Waals surface area contributed by atoms with Gasteiger partial charge in [-0.3, -0.25) is 0 Å². The third-order valence-corrected chi connectivity index (χ3v) is 4.77. The Morgan fingerprint density at radius 3 is 2.05 bits per heavy atom. The first-order valence-electron chi connectivity index (χ1n) is 7.31. The summed E-state index contributed by atoms with van der Waals surface area (Å²) in [5.41, 5.74) is 1.07. The number of ether oxygens (including phenoxy) is 2. The maximum Gasteiger partial charge on any atom is 0.164 e. The van der Waals surface area contributed by atoms with Crippen LogP contribution >= 0.6 is 0 Å². The topological polar surface area (TPSA) is 41.5 Å². The summed E-state index contributed by atoms with van der Waals surface area (Å²) in [4.78, 5) is 0. The van der Waals surface area contributed by atoms with Crippen molar-refractivity contribution < 1.29 is 14.1 Å². The molecule has 4 heteroatoms. The van der Waals surface area contributed by atoms with Gasteiger partial charge >= 0.3 is 0 Å². The zero-order valence-corrected chi connectivity index (χ0v) is 12.6. The maximum atomic E-state index is 13.3. The molecule has 2 saturated heterocycles. The minimum atomic E-state index is -0.574. The fraction of sp³-hybridized carbons (Fsp3) is 0.625. The zero-order valence-electron chi connectivity index (χ0n) is 12.6. The van der Waals surface area contributed by atoms with Crippen LogP contribution in [0.4, 0.5) is 0 Å². The summed E-state index contributed by atoms with van der Waals surface area (Å²) in [5.74, 6) is -0.574. The van der Waals surface area contributed by atoms with E-state index >= 15 is 0 Å². The van der Waals surface area contributed by atoms with Crippen molar-refractivity contribution in [2.24, 2.45) is 0 Å². The summed E-state index contributed by atoms with van der Waals surface area (Å²) in [6.07, 6.45) is -0.220. The molecule has 0 spiro atoms. The van der Waals surface area contributed by atoms with Crippen molar-refractivity contribution in [2.75, 3.05) is 0 Å². The SMILES string of the molecule is C[C@@H]1[C@H]2OC(C)(C)O[C@H]2[C@H](C)[N+]1([O-])Cc1ccccc1. The van der Waals surface area contributed by atoms with Gasteiger partial charge in [0.25, 0.3) is 0 Å². The lowest BCUT2D eigenvalue weighted by Gasteiger charge is -2.48. The van der Waals surface area contributed by atoms with Gasteiger partial charge in [-0.15, -0.1) is 0 Å². The average Bonchev–Trinajstić information content (AvgIpc) is 2.80. The number of hydroxylamine groups is 3. The molecule has 2 heterocycles. The lowest BCUT2D eigenvalue weighted by atomic mass is 10.1. The molecule has 1 aromatic rings. The molecule has 2 fully saturated rings. The highest BCUT2D eigenvalue weighted by molar-refractivity contribution is 5.14. The van der Waals surface area contributed by atoms with Gasteiger partial charge in [0, 0.05) is 5.56 Å². The second kappa shape index (κ2) is 4.53. The molecule has 0 amide bonds. The third-order valence-electron chi connectivity index (χ3n) is 4.77. The number of quaternary nitrogens is 1. The standard InChI is InChI=1S/C16H23NO3/c1-11-14-15(20-16(3,4)19-14)12(2)17(11,18)10-13-8-6-5-7-9-13/h5-9,11-12,14-15H,10H2,1-4H3/t11-,12+,14-,15+,17?. The Hall–Kier alpha value is -0.940. The first-order chi connectivity index (χ1) is 9.33. The van der Waals surface area contributed by atoms with Crippen molar-refractivity contribution in [1.82, 2.24) is 0 Å². The predicted molar refractivity (Wildman–Crippen MR) is 76.5 cm³/mol. The van der Waals surface area contributed by atoms with Crippen LogP contribution in [-0.4, -0.2) is 34.7 Å². The molecule has 0 radical (unpaired) electrons. The van der Waals surface area contributed by atoms with E-state index in [1.54, 1.807) is 0 Å². The molecule has 2 aliphatic rings. The normalized spacial score (nSPS) is 42.6. The second-order valence-corrected chi connectivity index (χ2v) is 6.54. The van der Waals surface area contributed by atoms with Gasteiger partial charge in [-0.1, -0.05) is 30.3 Å². The summed E-state index contributed by atoms with van der Waals surface area (Å²) in [6, 6.07) is 9.72. The lowest BCUT2D eigenvalue weighted by molar-refractivity contribution is -0.929. The zero-order chi connectivity index (χ0) is 14.5. The molecule has 0 saturated carbocycles. The van der Waals surface area contributed by atoms with Gasteiger partial charge in [-0.05, 0) is 27.7 Å². The molecule has 3 rings (SSSR count). The number of nitrogens with zero attached hydrogens (tertiary/aromatic N) is 1. The van der Waals surface area contributed by atoms with E-state index < -0.39 is 5.79 Å². The number of hydrogen-bond acceptors (Lipinski definition) is 3. The minimum Gasteiger partial charge on any atom is -0.632 e. The summed E-state index contributed by atoms with van der Waals surface area (Å²) >= 11 is 0. The predicted octanol–water partition coefficient (Wildman–Crippen LogP) is 2.81. The van der Waals surface area contributed by atoms with Crippen molar-refractivity contribution >= 4 is 0 Å². The Morgan fingerprint density at radius 2 is 1.55 bits per heavy atom. The van der Waals surface area contributed by atoms with Crippen LogP contribution < -0.4 is 0 Å². The van der Waals surface area contributed by atoms with Crippen LogP contribution in [0, 0.1) is 5.21 Å². The van der Waals surface area contributed by atoms with E-state index in [9.17, 15) is 5.21 Å². The van der Waals surface area contributed by atoms with Crippen molar-refractivity contribution in [3.05, 3.63) is 41.1 Å². The van der Waals surface area contributed by atoms with Gasteiger partial charge < -0.3 is 19.3 Å². The monoisotopic (exact) mass is 277 g/mol. The van der Waals surface area contributed by atoms with Gasteiger partial charge in [-0.25, -0.2) is 0 Å². The third kappa shape index (κ3) is 2.07. The fourth-order valence-electron chi connectivity index (χ4n) is 3.59. The average molecular weight is 277 g/mol. The quantitative estimate of drug-likeness (QED) is 0.616. The van der Waals surface area contributed by atoms with E-state index in [0.29, 0.717) is 6.54 Å². The van der Waals surface area contributed by atoms with Crippen LogP contribution in [0.1, 0.15) is 33.3 Å². The van der Waals surface area contributed by atoms with Crippen LogP contribution in [0.3, 0.4) is 0 Å². The van der Waals surface area contributed by atoms with Crippen LogP contribution in [0.2, 0.25) is 0 Å². The molecule has 110 valence electrons. The van der Waals surface area contributed by atoms with E-state index in [2.05, 4.69) is 0 Å². The number of benzene rings is 1. The van der Waals surface area contributed by atoms with Gasteiger partial charge in [0.2, 0.25) is 0 Å². The molecule has 0 aliphatic carbocycles. The number of fused-ring (bicyclic) bond motifs is 1. The van der Waals surface area contributed by atoms with E-state index in [0.717, 1.165) is 5.56 Å². The van der Waals surface area contributed by atoms with Crippen molar-refractivity contribution in [2.45, 2.75) is 64.3 Å². The van der Waals surface area contributed by atoms with E-state index in [-0.39, 0.29) is 28.9 Å². The molecule has 1 aromatic carbocycles. The Labute approximate surface area is 120 Å². The molecule has 2 aliphatic heterocycles. The van der Waals surface area contributed by atoms with Crippen molar-refractivity contribution in [3.63, 3.8) is 0 Å². The van der Waals surface area contributed by atoms with Crippen LogP contribution in [0.5, 0.6) is 0 Å². The minimum absolute atomic E-state index is 0.110. The molecule has 4 nitrogen and oxygen atoms in total. The maximum absolute atomic E-state index is 13.3. The van der Waals surface area contributed by atoms with Crippen molar-refractivity contribution in [3.8, 4) is 0 Å². The first-order valence-corrected chi connectivity index (χ1v) is 7.31. The van der Waals surface area contributed by atoms with Gasteiger partial charge in [0.15, 0.2) is 5.79 Å². The number of rotatable bonds is 2. The Morgan fingerprint density at radius 1 is 1.05 bits per heavy atom. The molecular weight excluding hydrogens is 254 g/mol. The lowest BCUT2D eigenvalue weighted by Crippen LogP contribution is -2.52. The Balaban J connectivity index is 1.85. The molecule has 0 bridgehead atoms. The molecule has 1 unspecified atom stereocenters. The number of likely N-dealkylation sites (tertiary alicyclic amines) is 1. The van der Waals surface area contributed by atoms with Gasteiger partial charge in [0.1, 0.15) is 30.8 Å². The van der Waals surface area contributed by atoms with Gasteiger partial charge in [-0.2, -0.15) is 0 Å². The van der Waals surface area contributed by atoms with Gasteiger partial charge in [0.05, 0.1) is 0 Å². The van der Waals surface area contributed by atoms with E-state index in [4.69, 9.17) is 9.47 Å². The second-order valence-electron chi connectivity index (χ2n) is 6.54. The fourth-order valence-corrected chi connectivity index (χ4v) is 3.59. The molecule has 20 heavy (non-hydrogen) atoms.